The van der Waals surface area contributed by atoms with Crippen molar-refractivity contribution in [3.8, 4) is 0 Å². The van der Waals surface area contributed by atoms with Crippen LogP contribution in [0.5, 0.6) is 0 Å². The summed E-state index contributed by atoms with van der Waals surface area (Å²) in [5.41, 5.74) is 0.0648. The number of alkyl halides is 1. The molecule has 0 amide bonds. The second-order valence-electron chi connectivity index (χ2n) is 3.11. The van der Waals surface area contributed by atoms with Crippen LogP contribution in [0.3, 0.4) is 0 Å². The highest BCUT2D eigenvalue weighted by atomic mass is 35.5. The highest BCUT2D eigenvalue weighted by molar-refractivity contribution is 6.19. The topological polar surface area (TPSA) is 20.2 Å². The minimum Gasteiger partial charge on any atom is -1.00 e. The first-order valence-corrected chi connectivity index (χ1v) is 5.21. The van der Waals surface area contributed by atoms with Crippen LogP contribution in [-0.2, 0) is 0 Å². The minimum absolute atomic E-state index is 0. The van der Waals surface area contributed by atoms with Crippen LogP contribution in [-0.4, -0.2) is 41.3 Å². The van der Waals surface area contributed by atoms with Crippen LogP contribution in [0.2, 0.25) is 0 Å². The zero-order chi connectivity index (χ0) is 9.61. The summed E-state index contributed by atoms with van der Waals surface area (Å²) in [7, 11) is 0. The molecule has 1 atom stereocenters. The Morgan fingerprint density at radius 2 is 1.54 bits per heavy atom. The molecule has 1 unspecified atom stereocenters. The molecule has 0 radical (unpaired) electrons. The van der Waals surface area contributed by atoms with Gasteiger partial charge in [-0.15, -0.1) is 0 Å². The second kappa shape index (κ2) is 7.86. The van der Waals surface area contributed by atoms with Gasteiger partial charge in [0.15, 0.2) is 5.50 Å². The van der Waals surface area contributed by atoms with Crippen LogP contribution in [0.1, 0.15) is 27.2 Å². The highest BCUT2D eigenvalue weighted by Gasteiger charge is 2.29. The van der Waals surface area contributed by atoms with Gasteiger partial charge in [0.2, 0.25) is 0 Å². The summed E-state index contributed by atoms with van der Waals surface area (Å²) in [5.74, 6) is 0. The molecule has 2 nitrogen and oxygen atoms in total. The fraction of sp³-hybridized carbons (Fsp3) is 1.00. The van der Waals surface area contributed by atoms with E-state index < -0.39 is 0 Å². The van der Waals surface area contributed by atoms with Gasteiger partial charge in [-0.25, -0.2) is 0 Å². The van der Waals surface area contributed by atoms with Crippen molar-refractivity contribution in [2.75, 3.05) is 26.2 Å². The van der Waals surface area contributed by atoms with Crippen molar-refractivity contribution in [3.05, 3.63) is 0 Å². The molecule has 0 spiro atoms. The molecule has 0 saturated heterocycles. The minimum atomic E-state index is 0. The number of nitrogens with zero attached hydrogens (tertiary/aromatic N) is 1. The van der Waals surface area contributed by atoms with E-state index in [1.807, 2.05) is 0 Å². The van der Waals surface area contributed by atoms with E-state index in [9.17, 15) is 0 Å². The van der Waals surface area contributed by atoms with Crippen molar-refractivity contribution < 1.29 is 22.0 Å². The van der Waals surface area contributed by atoms with Gasteiger partial charge in [0.05, 0.1) is 26.2 Å². The molecule has 82 valence electrons. The molecular weight excluding hydrogens is 209 g/mol. The Hall–Kier alpha value is 0.500. The van der Waals surface area contributed by atoms with E-state index in [1.165, 1.54) is 0 Å². The molecule has 0 saturated carbocycles. The summed E-state index contributed by atoms with van der Waals surface area (Å²) >= 11 is 6.22. The van der Waals surface area contributed by atoms with Crippen LogP contribution in [0.25, 0.3) is 0 Å². The van der Waals surface area contributed by atoms with Gasteiger partial charge in [0.1, 0.15) is 0 Å². The van der Waals surface area contributed by atoms with Crippen molar-refractivity contribution in [1.82, 2.24) is 0 Å². The first-order chi connectivity index (χ1) is 5.66. The molecule has 0 aliphatic heterocycles. The van der Waals surface area contributed by atoms with Crippen LogP contribution >= 0.6 is 11.6 Å². The number of hydrogen-bond acceptors (Lipinski definition) is 1. The molecule has 0 aromatic carbocycles. The second-order valence-corrected chi connectivity index (χ2v) is 3.62. The van der Waals surface area contributed by atoms with Gasteiger partial charge in [-0.1, -0.05) is 11.6 Å². The SMILES string of the molecule is CC[N+](CC)(CC)C(Cl)CCO.[Cl-]. The fourth-order valence-electron chi connectivity index (χ4n) is 1.65. The summed E-state index contributed by atoms with van der Waals surface area (Å²) in [6.07, 6.45) is 0.692. The third-order valence-corrected chi connectivity index (χ3v) is 3.48. The average Bonchev–Trinajstić information content (AvgIpc) is 2.09. The lowest BCUT2D eigenvalue weighted by Crippen LogP contribution is -3.00. The number of rotatable bonds is 6. The first kappa shape index (κ1) is 15.9. The monoisotopic (exact) mass is 229 g/mol. The lowest BCUT2D eigenvalue weighted by molar-refractivity contribution is -0.934. The summed E-state index contributed by atoms with van der Waals surface area (Å²) in [6, 6.07) is 0. The maximum atomic E-state index is 8.79. The molecule has 1 N–H and O–H groups in total. The normalized spacial score (nSPS) is 13.6. The molecule has 0 fully saturated rings. The Bertz CT molecular complexity index is 110. The Labute approximate surface area is 92.9 Å². The van der Waals surface area contributed by atoms with Gasteiger partial charge < -0.3 is 22.0 Å². The third kappa shape index (κ3) is 4.03. The molecule has 4 heteroatoms. The third-order valence-electron chi connectivity index (χ3n) is 2.85. The van der Waals surface area contributed by atoms with Crippen LogP contribution in [0.15, 0.2) is 0 Å². The van der Waals surface area contributed by atoms with Gasteiger partial charge in [-0.2, -0.15) is 0 Å². The molecule has 0 bridgehead atoms. The van der Waals surface area contributed by atoms with Crippen LogP contribution in [0.4, 0.5) is 0 Å². The average molecular weight is 230 g/mol. The Balaban J connectivity index is 0. The Kier molecular flexibility index (Phi) is 9.65. The zero-order valence-electron chi connectivity index (χ0n) is 8.76. The van der Waals surface area contributed by atoms with E-state index in [1.54, 1.807) is 0 Å². The predicted molar refractivity (Wildman–Crippen MR) is 53.2 cm³/mol. The number of halogens is 2. The van der Waals surface area contributed by atoms with Crippen molar-refractivity contribution in [2.24, 2.45) is 0 Å². The molecule has 0 rings (SSSR count). The largest absolute Gasteiger partial charge is 1.00 e. The van der Waals surface area contributed by atoms with Gasteiger partial charge in [-0.05, 0) is 20.8 Å². The van der Waals surface area contributed by atoms with Crippen molar-refractivity contribution in [2.45, 2.75) is 32.7 Å². The predicted octanol–water partition coefficient (Wildman–Crippen LogP) is -1.19. The molecule has 0 heterocycles. The molecule has 13 heavy (non-hydrogen) atoms. The van der Waals surface area contributed by atoms with E-state index in [0.29, 0.717) is 6.42 Å². The molecule has 0 aromatic heterocycles. The van der Waals surface area contributed by atoms with Crippen molar-refractivity contribution >= 4 is 11.6 Å². The Morgan fingerprint density at radius 1 is 1.15 bits per heavy atom. The number of aliphatic hydroxyl groups excluding tert-OH is 1. The lowest BCUT2D eigenvalue weighted by atomic mass is 10.3. The molecular formula is C9H21Cl2NO. The summed E-state index contributed by atoms with van der Waals surface area (Å²) < 4.78 is 0.905. The molecule has 0 aliphatic carbocycles. The van der Waals surface area contributed by atoms with E-state index in [0.717, 1.165) is 24.1 Å². The van der Waals surface area contributed by atoms with E-state index in [2.05, 4.69) is 20.8 Å². The van der Waals surface area contributed by atoms with E-state index in [-0.39, 0.29) is 24.5 Å². The number of hydrogen-bond donors (Lipinski definition) is 1. The summed E-state index contributed by atoms with van der Waals surface area (Å²) in [4.78, 5) is 0. The first-order valence-electron chi connectivity index (χ1n) is 4.77. The highest BCUT2D eigenvalue weighted by Crippen LogP contribution is 2.19. The van der Waals surface area contributed by atoms with E-state index >= 15 is 0 Å². The summed E-state index contributed by atoms with van der Waals surface area (Å²) in [5, 5.41) is 8.79. The lowest BCUT2D eigenvalue weighted by Gasteiger charge is -2.39. The quantitative estimate of drug-likeness (QED) is 0.346. The Morgan fingerprint density at radius 3 is 1.77 bits per heavy atom. The van der Waals surface area contributed by atoms with Gasteiger partial charge >= 0.3 is 0 Å². The molecule has 0 aliphatic rings. The molecule has 0 aromatic rings. The fourth-order valence-corrected chi connectivity index (χ4v) is 2.16. The van der Waals surface area contributed by atoms with Gasteiger partial charge in [0.25, 0.3) is 0 Å². The smallest absolute Gasteiger partial charge is 0.167 e. The standard InChI is InChI=1S/C9H21ClNO.ClH/c1-4-11(5-2,6-3)9(10)7-8-12;/h9,12H,4-8H2,1-3H3;1H/q+1;/p-1. The number of quaternary nitrogens is 1. The summed E-state index contributed by atoms with van der Waals surface area (Å²) in [6.45, 7) is 9.77. The maximum absolute atomic E-state index is 8.79. The van der Waals surface area contributed by atoms with Crippen molar-refractivity contribution in [3.63, 3.8) is 0 Å². The van der Waals surface area contributed by atoms with E-state index in [4.69, 9.17) is 16.7 Å². The number of aliphatic hydroxyl groups is 1. The van der Waals surface area contributed by atoms with Gasteiger partial charge in [-0.3, -0.25) is 0 Å². The van der Waals surface area contributed by atoms with Crippen molar-refractivity contribution in [1.29, 1.82) is 0 Å². The van der Waals surface area contributed by atoms with Crippen LogP contribution in [0, 0.1) is 0 Å². The van der Waals surface area contributed by atoms with Crippen LogP contribution < -0.4 is 12.4 Å². The zero-order valence-corrected chi connectivity index (χ0v) is 10.3. The maximum Gasteiger partial charge on any atom is 0.167 e. The van der Waals surface area contributed by atoms with Gasteiger partial charge in [0, 0.05) is 6.42 Å².